The number of rotatable bonds is 7. The molecule has 3 fully saturated rings. The molecule has 1 N–H and O–H groups in total. The smallest absolute Gasteiger partial charge is 0.326 e. The molecule has 0 spiro atoms. The summed E-state index contributed by atoms with van der Waals surface area (Å²) in [5, 5.41) is 13.4. The summed E-state index contributed by atoms with van der Waals surface area (Å²) in [4.78, 5) is 60.9. The number of anilines is 1. The number of carbonyl (C=O) groups is 4. The second-order valence-electron chi connectivity index (χ2n) is 8.00. The third kappa shape index (κ3) is 3.71. The minimum absolute atomic E-state index is 0.112. The van der Waals surface area contributed by atoms with Gasteiger partial charge in [-0.25, -0.2) is 0 Å². The molecule has 1 aliphatic heterocycles. The van der Waals surface area contributed by atoms with Crippen LogP contribution in [0.2, 0.25) is 0 Å². The minimum Gasteiger partial charge on any atom is -0.497 e. The number of fused-ring (bicyclic) bond motifs is 5. The molecule has 11 nitrogen and oxygen atoms in total. The van der Waals surface area contributed by atoms with E-state index in [1.165, 1.54) is 25.3 Å². The van der Waals surface area contributed by atoms with E-state index in [1.54, 1.807) is 0 Å². The molecule has 0 aromatic heterocycles. The zero-order valence-corrected chi connectivity index (χ0v) is 16.7. The van der Waals surface area contributed by atoms with E-state index in [0.717, 1.165) is 24.2 Å². The Kier molecular flexibility index (Phi) is 5.34. The first-order chi connectivity index (χ1) is 14.8. The van der Waals surface area contributed by atoms with Crippen LogP contribution in [0.25, 0.3) is 0 Å². The summed E-state index contributed by atoms with van der Waals surface area (Å²) in [5.41, 5.74) is -0.464. The molecule has 31 heavy (non-hydrogen) atoms. The van der Waals surface area contributed by atoms with Gasteiger partial charge in [0.1, 0.15) is 18.0 Å². The fourth-order valence-electron chi connectivity index (χ4n) is 5.03. The highest BCUT2D eigenvalue weighted by atomic mass is 16.6. The summed E-state index contributed by atoms with van der Waals surface area (Å²) in [6.07, 6.45) is 2.75. The topological polar surface area (TPSA) is 145 Å². The number of methoxy groups -OCH3 is 1. The normalized spacial score (nSPS) is 26.0. The number of imide groups is 1. The number of hydrogen-bond acceptors (Lipinski definition) is 8. The molecule has 3 aliphatic rings. The number of esters is 1. The number of ether oxygens (including phenoxy) is 2. The number of nitrogens with one attached hydrogen (secondary N) is 1. The molecule has 2 aliphatic carbocycles. The van der Waals surface area contributed by atoms with Crippen LogP contribution in [0.15, 0.2) is 18.2 Å². The standard InChI is InChI=1S/C20H21N3O8/c1-30-12-4-5-14(23(28)29)13(7-12)21-15(24)9-31-16(25)8-22-19(26)17-10-2-3-11(6-10)18(17)20(22)27/h4-5,7,10-11,17-18H,2-3,6,8-9H2,1H3,(H,21,24)/t10-,11-,17-,18+/m0/s1. The molecule has 0 radical (unpaired) electrons. The molecular weight excluding hydrogens is 410 g/mol. The highest BCUT2D eigenvalue weighted by molar-refractivity contribution is 6.08. The van der Waals surface area contributed by atoms with Crippen molar-refractivity contribution in [1.29, 1.82) is 0 Å². The fraction of sp³-hybridized carbons (Fsp3) is 0.500. The molecule has 11 heteroatoms. The summed E-state index contributed by atoms with van der Waals surface area (Å²) < 4.78 is 9.87. The van der Waals surface area contributed by atoms with Gasteiger partial charge in [-0.3, -0.25) is 34.2 Å². The van der Waals surface area contributed by atoms with E-state index >= 15 is 0 Å². The third-order valence-electron chi connectivity index (χ3n) is 6.34. The molecule has 3 amide bonds. The number of nitro benzene ring substituents is 1. The SMILES string of the molecule is COc1ccc([N+](=O)[O-])c(NC(=O)COC(=O)CN2C(=O)[C@@H]3[C@H]4CC[C@@H](C4)[C@@H]3C2=O)c1. The predicted octanol–water partition coefficient (Wildman–Crippen LogP) is 1.12. The molecule has 1 heterocycles. The maximum absolute atomic E-state index is 12.6. The Morgan fingerprint density at radius 2 is 1.84 bits per heavy atom. The van der Waals surface area contributed by atoms with Gasteiger partial charge in [-0.05, 0) is 37.2 Å². The van der Waals surface area contributed by atoms with Crippen LogP contribution < -0.4 is 10.1 Å². The molecule has 4 atom stereocenters. The van der Waals surface area contributed by atoms with Gasteiger partial charge in [-0.2, -0.15) is 0 Å². The van der Waals surface area contributed by atoms with Gasteiger partial charge >= 0.3 is 5.97 Å². The zero-order chi connectivity index (χ0) is 22.3. The summed E-state index contributed by atoms with van der Waals surface area (Å²) in [5.74, 6) is -2.35. The van der Waals surface area contributed by atoms with E-state index in [4.69, 9.17) is 9.47 Å². The maximum Gasteiger partial charge on any atom is 0.326 e. The van der Waals surface area contributed by atoms with E-state index in [1.807, 2.05) is 0 Å². The molecule has 1 aromatic rings. The first kappa shape index (κ1) is 20.8. The third-order valence-corrected chi connectivity index (χ3v) is 6.34. The van der Waals surface area contributed by atoms with Gasteiger partial charge in [-0.15, -0.1) is 0 Å². The average Bonchev–Trinajstić information content (AvgIpc) is 3.42. The van der Waals surface area contributed by atoms with Crippen molar-refractivity contribution < 1.29 is 33.6 Å². The molecular formula is C20H21N3O8. The van der Waals surface area contributed by atoms with Crippen molar-refractivity contribution >= 4 is 35.1 Å². The lowest BCUT2D eigenvalue weighted by molar-refractivity contribution is -0.383. The number of hydrogen-bond donors (Lipinski definition) is 1. The van der Waals surface area contributed by atoms with Crippen LogP contribution in [0.5, 0.6) is 5.75 Å². The van der Waals surface area contributed by atoms with Gasteiger partial charge in [0.15, 0.2) is 6.61 Å². The minimum atomic E-state index is -0.899. The number of likely N-dealkylation sites (tertiary alicyclic amines) is 1. The maximum atomic E-state index is 12.6. The Bertz CT molecular complexity index is 949. The highest BCUT2D eigenvalue weighted by Gasteiger charge is 2.61. The van der Waals surface area contributed by atoms with Crippen molar-refractivity contribution in [2.75, 3.05) is 25.6 Å². The predicted molar refractivity (Wildman–Crippen MR) is 104 cm³/mol. The summed E-state index contributed by atoms with van der Waals surface area (Å²) in [7, 11) is 1.37. The largest absolute Gasteiger partial charge is 0.497 e. The molecule has 1 aromatic carbocycles. The van der Waals surface area contributed by atoms with E-state index in [0.29, 0.717) is 5.75 Å². The van der Waals surface area contributed by atoms with E-state index in [2.05, 4.69) is 5.32 Å². The Labute approximate surface area is 176 Å². The van der Waals surface area contributed by atoms with Crippen molar-refractivity contribution in [2.24, 2.45) is 23.7 Å². The monoisotopic (exact) mass is 431 g/mol. The quantitative estimate of drug-likeness (QED) is 0.292. The Morgan fingerprint density at radius 1 is 1.19 bits per heavy atom. The van der Waals surface area contributed by atoms with E-state index in [9.17, 15) is 29.3 Å². The van der Waals surface area contributed by atoms with Crippen LogP contribution in [0.4, 0.5) is 11.4 Å². The van der Waals surface area contributed by atoms with Crippen LogP contribution in [-0.4, -0.2) is 53.8 Å². The lowest BCUT2D eigenvalue weighted by Gasteiger charge is -2.19. The van der Waals surface area contributed by atoms with Crippen molar-refractivity contribution in [3.05, 3.63) is 28.3 Å². The molecule has 164 valence electrons. The van der Waals surface area contributed by atoms with Crippen LogP contribution in [0, 0.1) is 33.8 Å². The van der Waals surface area contributed by atoms with Gasteiger partial charge in [0.05, 0.1) is 23.9 Å². The number of nitrogens with zero attached hydrogens (tertiary/aromatic N) is 2. The first-order valence-corrected chi connectivity index (χ1v) is 9.93. The van der Waals surface area contributed by atoms with Gasteiger partial charge in [0.25, 0.3) is 11.6 Å². The molecule has 1 saturated heterocycles. The second kappa shape index (κ2) is 7.97. The van der Waals surface area contributed by atoms with Crippen LogP contribution in [0.3, 0.4) is 0 Å². The van der Waals surface area contributed by atoms with Crippen LogP contribution in [0.1, 0.15) is 19.3 Å². The van der Waals surface area contributed by atoms with Crippen LogP contribution >= 0.6 is 0 Å². The number of nitro groups is 1. The number of benzene rings is 1. The number of carbonyl (C=O) groups excluding carboxylic acids is 4. The van der Waals surface area contributed by atoms with Gasteiger partial charge in [0.2, 0.25) is 11.8 Å². The lowest BCUT2D eigenvalue weighted by Crippen LogP contribution is -2.38. The highest BCUT2D eigenvalue weighted by Crippen LogP contribution is 2.56. The van der Waals surface area contributed by atoms with Gasteiger partial charge in [0, 0.05) is 12.1 Å². The van der Waals surface area contributed by atoms with Crippen LogP contribution in [-0.2, 0) is 23.9 Å². The van der Waals surface area contributed by atoms with Gasteiger partial charge < -0.3 is 14.8 Å². The Hall–Kier alpha value is -3.50. The molecule has 2 bridgehead atoms. The molecule has 2 saturated carbocycles. The number of amides is 3. The average molecular weight is 431 g/mol. The second-order valence-corrected chi connectivity index (χ2v) is 8.00. The van der Waals surface area contributed by atoms with E-state index < -0.39 is 30.0 Å². The van der Waals surface area contributed by atoms with Crippen molar-refractivity contribution in [3.8, 4) is 5.75 Å². The Balaban J connectivity index is 1.33. The van der Waals surface area contributed by atoms with Crippen molar-refractivity contribution in [3.63, 3.8) is 0 Å². The van der Waals surface area contributed by atoms with Gasteiger partial charge in [-0.1, -0.05) is 0 Å². The summed E-state index contributed by atoms with van der Waals surface area (Å²) in [6.45, 7) is -1.27. The van der Waals surface area contributed by atoms with E-state index in [-0.39, 0.29) is 46.9 Å². The van der Waals surface area contributed by atoms with Crippen molar-refractivity contribution in [1.82, 2.24) is 4.90 Å². The van der Waals surface area contributed by atoms with Crippen molar-refractivity contribution in [2.45, 2.75) is 19.3 Å². The first-order valence-electron chi connectivity index (χ1n) is 9.93. The molecule has 4 rings (SSSR count). The molecule has 0 unspecified atom stereocenters. The fourth-order valence-corrected chi connectivity index (χ4v) is 5.03. The lowest BCUT2D eigenvalue weighted by atomic mass is 9.81. The zero-order valence-electron chi connectivity index (χ0n) is 16.7. The summed E-state index contributed by atoms with van der Waals surface area (Å²) >= 11 is 0. The summed E-state index contributed by atoms with van der Waals surface area (Å²) in [6, 6.07) is 3.82. The Morgan fingerprint density at radius 3 is 2.42 bits per heavy atom.